The molecule has 0 bridgehead atoms. The molecular weight excluding hydrogens is 230 g/mol. The SMILES string of the molecule is O=P(O)(CC1CC1)C(F)(F)C(F)(F)F. The van der Waals surface area contributed by atoms with Gasteiger partial charge in [-0.05, 0) is 18.8 Å². The van der Waals surface area contributed by atoms with Crippen molar-refractivity contribution in [2.75, 3.05) is 6.16 Å². The van der Waals surface area contributed by atoms with Gasteiger partial charge in [-0.15, -0.1) is 0 Å². The number of rotatable bonds is 3. The summed E-state index contributed by atoms with van der Waals surface area (Å²) in [5.74, 6) is -0.459. The summed E-state index contributed by atoms with van der Waals surface area (Å²) in [6.07, 6.45) is -6.01. The standard InChI is InChI=1S/C6H8F5O2P/c7-5(8,9)6(10,11)14(12,13)3-4-1-2-4/h4H,1-3H2,(H,12,13). The highest BCUT2D eigenvalue weighted by Gasteiger charge is 2.69. The highest BCUT2D eigenvalue weighted by atomic mass is 31.2. The summed E-state index contributed by atoms with van der Waals surface area (Å²) in [7, 11) is -5.47. The predicted molar refractivity (Wildman–Crippen MR) is 38.4 cm³/mol. The van der Waals surface area contributed by atoms with E-state index in [4.69, 9.17) is 4.89 Å². The van der Waals surface area contributed by atoms with Crippen LogP contribution in [0.4, 0.5) is 22.0 Å². The first-order valence-corrected chi connectivity index (χ1v) is 5.69. The quantitative estimate of drug-likeness (QED) is 0.606. The molecule has 0 amide bonds. The molecule has 1 aliphatic rings. The highest BCUT2D eigenvalue weighted by molar-refractivity contribution is 7.59. The van der Waals surface area contributed by atoms with Gasteiger partial charge in [0.2, 0.25) is 0 Å². The number of alkyl halides is 5. The zero-order valence-corrected chi connectivity index (χ0v) is 7.79. The van der Waals surface area contributed by atoms with Crippen LogP contribution in [-0.2, 0) is 4.57 Å². The average molecular weight is 238 g/mol. The van der Waals surface area contributed by atoms with E-state index in [1.165, 1.54) is 0 Å². The number of hydrogen-bond acceptors (Lipinski definition) is 1. The summed E-state index contributed by atoms with van der Waals surface area (Å²) in [6, 6.07) is 0. The molecule has 14 heavy (non-hydrogen) atoms. The molecule has 1 N–H and O–H groups in total. The molecule has 84 valence electrons. The second-order valence-corrected chi connectivity index (χ2v) is 5.70. The third kappa shape index (κ3) is 2.08. The van der Waals surface area contributed by atoms with Crippen molar-refractivity contribution in [3.63, 3.8) is 0 Å². The van der Waals surface area contributed by atoms with Crippen molar-refractivity contribution in [2.24, 2.45) is 5.92 Å². The second kappa shape index (κ2) is 3.17. The lowest BCUT2D eigenvalue weighted by atomic mass is 10.5. The first-order chi connectivity index (χ1) is 6.08. The van der Waals surface area contributed by atoms with Crippen molar-refractivity contribution in [1.29, 1.82) is 0 Å². The van der Waals surface area contributed by atoms with Crippen LogP contribution in [0.15, 0.2) is 0 Å². The normalized spacial score (nSPS) is 23.3. The van der Waals surface area contributed by atoms with Crippen molar-refractivity contribution in [3.05, 3.63) is 0 Å². The molecule has 1 saturated carbocycles. The maximum absolute atomic E-state index is 12.5. The van der Waals surface area contributed by atoms with Crippen LogP contribution in [0.5, 0.6) is 0 Å². The minimum atomic E-state index is -5.95. The molecule has 2 nitrogen and oxygen atoms in total. The van der Waals surface area contributed by atoms with Crippen LogP contribution in [0.3, 0.4) is 0 Å². The van der Waals surface area contributed by atoms with E-state index in [2.05, 4.69) is 0 Å². The first-order valence-electron chi connectivity index (χ1n) is 3.84. The topological polar surface area (TPSA) is 37.3 Å². The van der Waals surface area contributed by atoms with E-state index in [9.17, 15) is 26.5 Å². The molecule has 0 aromatic carbocycles. The predicted octanol–water partition coefficient (Wildman–Crippen LogP) is 2.82. The molecule has 0 aromatic heterocycles. The van der Waals surface area contributed by atoms with Gasteiger partial charge in [-0.3, -0.25) is 4.57 Å². The summed E-state index contributed by atoms with van der Waals surface area (Å²) in [5, 5.41) is 0. The summed E-state index contributed by atoms with van der Waals surface area (Å²) in [4.78, 5) is 8.67. The van der Waals surface area contributed by atoms with E-state index in [1.54, 1.807) is 0 Å². The molecule has 1 fully saturated rings. The van der Waals surface area contributed by atoms with Crippen molar-refractivity contribution in [3.8, 4) is 0 Å². The van der Waals surface area contributed by atoms with Crippen molar-refractivity contribution in [1.82, 2.24) is 0 Å². The van der Waals surface area contributed by atoms with E-state index in [1.807, 2.05) is 0 Å². The molecule has 0 heterocycles. The van der Waals surface area contributed by atoms with E-state index in [-0.39, 0.29) is 0 Å². The van der Waals surface area contributed by atoms with Crippen LogP contribution in [0.2, 0.25) is 0 Å². The molecule has 0 spiro atoms. The largest absolute Gasteiger partial charge is 0.463 e. The van der Waals surface area contributed by atoms with E-state index in [0.717, 1.165) is 0 Å². The van der Waals surface area contributed by atoms with Gasteiger partial charge in [-0.25, -0.2) is 0 Å². The lowest BCUT2D eigenvalue weighted by Crippen LogP contribution is -2.37. The Morgan fingerprint density at radius 3 is 1.93 bits per heavy atom. The lowest BCUT2D eigenvalue weighted by molar-refractivity contribution is -0.245. The Morgan fingerprint density at radius 2 is 1.64 bits per heavy atom. The van der Waals surface area contributed by atoms with E-state index < -0.39 is 31.3 Å². The van der Waals surface area contributed by atoms with Gasteiger partial charge >= 0.3 is 11.8 Å². The fourth-order valence-electron chi connectivity index (χ4n) is 0.963. The van der Waals surface area contributed by atoms with Gasteiger partial charge < -0.3 is 4.89 Å². The molecule has 1 aliphatic carbocycles. The Balaban J connectivity index is 2.82. The first kappa shape index (κ1) is 11.9. The molecule has 8 heteroatoms. The highest BCUT2D eigenvalue weighted by Crippen LogP contribution is 2.65. The summed E-state index contributed by atoms with van der Waals surface area (Å²) in [6.45, 7) is 0. The molecule has 1 atom stereocenters. The monoisotopic (exact) mass is 238 g/mol. The minimum absolute atomic E-state index is 0.443. The Kier molecular flexibility index (Phi) is 2.69. The van der Waals surface area contributed by atoms with Crippen molar-refractivity contribution < 1.29 is 31.4 Å². The van der Waals surface area contributed by atoms with Gasteiger partial charge in [0.25, 0.3) is 7.37 Å². The van der Waals surface area contributed by atoms with Gasteiger partial charge in [0.1, 0.15) is 0 Å². The maximum atomic E-state index is 12.5. The lowest BCUT2D eigenvalue weighted by Gasteiger charge is -2.24. The Hall–Kier alpha value is -0.160. The zero-order valence-electron chi connectivity index (χ0n) is 6.89. The molecule has 0 aromatic rings. The van der Waals surface area contributed by atoms with E-state index >= 15 is 0 Å². The Bertz CT molecular complexity index is 270. The summed E-state index contributed by atoms with van der Waals surface area (Å²) < 4.78 is 70.9. The average Bonchev–Trinajstić information content (AvgIpc) is 2.67. The van der Waals surface area contributed by atoms with Crippen LogP contribution in [0.1, 0.15) is 12.8 Å². The fraction of sp³-hybridized carbons (Fsp3) is 1.00. The maximum Gasteiger partial charge on any atom is 0.463 e. The van der Waals surface area contributed by atoms with Crippen molar-refractivity contribution >= 4 is 7.37 Å². The van der Waals surface area contributed by atoms with Crippen LogP contribution < -0.4 is 0 Å². The molecule has 0 aliphatic heterocycles. The van der Waals surface area contributed by atoms with Gasteiger partial charge in [-0.1, -0.05) is 0 Å². The van der Waals surface area contributed by atoms with Gasteiger partial charge in [-0.2, -0.15) is 22.0 Å². The summed E-state index contributed by atoms with van der Waals surface area (Å²) in [5.41, 5.74) is -5.48. The zero-order chi connectivity index (χ0) is 11.2. The van der Waals surface area contributed by atoms with Crippen LogP contribution in [0.25, 0.3) is 0 Å². The Labute approximate surface area is 76.6 Å². The number of halogens is 5. The third-order valence-corrected chi connectivity index (χ3v) is 4.13. The fourth-order valence-corrected chi connectivity index (χ4v) is 2.65. The molecule has 0 radical (unpaired) electrons. The minimum Gasteiger partial charge on any atom is -0.340 e. The van der Waals surface area contributed by atoms with Crippen LogP contribution >= 0.6 is 7.37 Å². The second-order valence-electron chi connectivity index (χ2n) is 3.37. The van der Waals surface area contributed by atoms with Crippen LogP contribution in [-0.4, -0.2) is 22.9 Å². The third-order valence-electron chi connectivity index (χ3n) is 1.98. The molecule has 1 unspecified atom stereocenters. The molecule has 0 saturated heterocycles. The number of hydrogen-bond donors (Lipinski definition) is 1. The Morgan fingerprint density at radius 1 is 1.21 bits per heavy atom. The van der Waals surface area contributed by atoms with Crippen molar-refractivity contribution in [2.45, 2.75) is 24.7 Å². The smallest absolute Gasteiger partial charge is 0.340 e. The van der Waals surface area contributed by atoms with E-state index in [0.29, 0.717) is 12.8 Å². The van der Waals surface area contributed by atoms with Crippen LogP contribution in [0, 0.1) is 5.92 Å². The van der Waals surface area contributed by atoms with Gasteiger partial charge in [0, 0.05) is 6.16 Å². The van der Waals surface area contributed by atoms with Gasteiger partial charge in [0.05, 0.1) is 0 Å². The molecule has 1 rings (SSSR count). The summed E-state index contributed by atoms with van der Waals surface area (Å²) >= 11 is 0. The van der Waals surface area contributed by atoms with Gasteiger partial charge in [0.15, 0.2) is 0 Å². The molecular formula is C6H8F5O2P.